The van der Waals surface area contributed by atoms with Crippen LogP contribution in [0.15, 0.2) is 24.5 Å². The predicted octanol–water partition coefficient (Wildman–Crippen LogP) is 1.07. The Labute approximate surface area is 121 Å². The normalized spacial score (nSPS) is 15.1. The average Bonchev–Trinajstić information content (AvgIpc) is 2.88. The van der Waals surface area contributed by atoms with Crippen molar-refractivity contribution in [2.75, 3.05) is 6.54 Å². The fourth-order valence-electron chi connectivity index (χ4n) is 2.38. The Balaban J connectivity index is 1.79. The average molecular weight is 291 g/mol. The molecule has 0 bridgehead atoms. The molecule has 0 unspecified atom stereocenters. The maximum atomic E-state index is 14.3. The monoisotopic (exact) mass is 291 g/mol. The molecule has 2 heterocycles. The highest BCUT2D eigenvalue weighted by Gasteiger charge is 2.19. The number of benzene rings is 1. The van der Waals surface area contributed by atoms with Crippen molar-refractivity contribution < 1.29 is 4.39 Å². The zero-order valence-corrected chi connectivity index (χ0v) is 11.6. The number of nitrogens with two attached hydrogens (primary N) is 1. The molecule has 2 aromatic rings. The molecule has 7 heteroatoms. The molecule has 0 amide bonds. The van der Waals surface area contributed by atoms with Gasteiger partial charge in [-0.05, 0) is 6.07 Å². The molecule has 1 aromatic heterocycles. The van der Waals surface area contributed by atoms with Gasteiger partial charge in [-0.2, -0.15) is 0 Å². The van der Waals surface area contributed by atoms with Crippen molar-refractivity contribution >= 4 is 17.2 Å². The summed E-state index contributed by atoms with van der Waals surface area (Å²) >= 11 is 4.86. The van der Waals surface area contributed by atoms with Crippen molar-refractivity contribution in [3.8, 4) is 0 Å². The Morgan fingerprint density at radius 1 is 1.40 bits per heavy atom. The molecular formula is C13H14FN5S. The van der Waals surface area contributed by atoms with E-state index in [4.69, 9.17) is 18.0 Å². The van der Waals surface area contributed by atoms with E-state index in [9.17, 15) is 4.39 Å². The lowest BCUT2D eigenvalue weighted by Crippen LogP contribution is -2.33. The Bertz CT molecular complexity index is 654. The summed E-state index contributed by atoms with van der Waals surface area (Å²) in [6.07, 6.45) is 1.72. The standard InChI is InChI=1S/C13H14FN5S/c14-12-9(2-1-3-10(12)13(15)20)6-18-4-5-19-8-16-17-11(19)7-18/h1-3,8H,4-7H2,(H2,15,20). The molecule has 104 valence electrons. The molecule has 0 saturated carbocycles. The Kier molecular flexibility index (Phi) is 3.45. The number of hydrogen-bond acceptors (Lipinski definition) is 4. The molecule has 0 spiro atoms. The second kappa shape index (κ2) is 5.26. The van der Waals surface area contributed by atoms with Gasteiger partial charge < -0.3 is 10.3 Å². The molecule has 20 heavy (non-hydrogen) atoms. The van der Waals surface area contributed by atoms with Crippen LogP contribution in [0.4, 0.5) is 4.39 Å². The quantitative estimate of drug-likeness (QED) is 0.857. The van der Waals surface area contributed by atoms with Gasteiger partial charge in [0.05, 0.1) is 6.54 Å². The Morgan fingerprint density at radius 2 is 2.25 bits per heavy atom. The fourth-order valence-corrected chi connectivity index (χ4v) is 2.54. The number of nitrogens with zero attached hydrogens (tertiary/aromatic N) is 4. The van der Waals surface area contributed by atoms with Crippen molar-refractivity contribution in [1.82, 2.24) is 19.7 Å². The second-order valence-corrected chi connectivity index (χ2v) is 5.23. The van der Waals surface area contributed by atoms with Crippen molar-refractivity contribution in [1.29, 1.82) is 0 Å². The highest BCUT2D eigenvalue weighted by Crippen LogP contribution is 2.18. The number of aromatic nitrogens is 3. The molecule has 1 aromatic carbocycles. The number of hydrogen-bond donors (Lipinski definition) is 1. The van der Waals surface area contributed by atoms with Crippen molar-refractivity contribution in [2.24, 2.45) is 5.73 Å². The van der Waals surface area contributed by atoms with E-state index in [0.29, 0.717) is 24.2 Å². The third-order valence-corrected chi connectivity index (χ3v) is 3.68. The van der Waals surface area contributed by atoms with Gasteiger partial charge in [0.25, 0.3) is 0 Å². The Morgan fingerprint density at radius 3 is 3.05 bits per heavy atom. The summed E-state index contributed by atoms with van der Waals surface area (Å²) in [6.45, 7) is 2.83. The van der Waals surface area contributed by atoms with Gasteiger partial charge in [0.15, 0.2) is 0 Å². The molecule has 0 aliphatic carbocycles. The third-order valence-electron chi connectivity index (χ3n) is 3.46. The summed E-state index contributed by atoms with van der Waals surface area (Å²) in [6, 6.07) is 5.14. The van der Waals surface area contributed by atoms with Gasteiger partial charge in [0, 0.05) is 30.8 Å². The van der Waals surface area contributed by atoms with E-state index in [2.05, 4.69) is 15.1 Å². The van der Waals surface area contributed by atoms with Gasteiger partial charge in [-0.15, -0.1) is 10.2 Å². The minimum atomic E-state index is -0.327. The topological polar surface area (TPSA) is 60.0 Å². The molecule has 3 rings (SSSR count). The lowest BCUT2D eigenvalue weighted by Gasteiger charge is -2.27. The summed E-state index contributed by atoms with van der Waals surface area (Å²) in [4.78, 5) is 2.22. The predicted molar refractivity (Wildman–Crippen MR) is 76.4 cm³/mol. The summed E-state index contributed by atoms with van der Waals surface area (Å²) in [5, 5.41) is 7.93. The largest absolute Gasteiger partial charge is 0.389 e. The molecule has 2 N–H and O–H groups in total. The molecule has 1 aliphatic heterocycles. The van der Waals surface area contributed by atoms with Gasteiger partial charge in [0.1, 0.15) is 23.0 Å². The van der Waals surface area contributed by atoms with E-state index in [1.54, 1.807) is 24.5 Å². The lowest BCUT2D eigenvalue weighted by molar-refractivity contribution is 0.206. The molecule has 5 nitrogen and oxygen atoms in total. The summed E-state index contributed by atoms with van der Waals surface area (Å²) in [7, 11) is 0. The van der Waals surface area contributed by atoms with Crippen LogP contribution in [0, 0.1) is 5.82 Å². The first-order valence-electron chi connectivity index (χ1n) is 6.31. The maximum Gasteiger partial charge on any atom is 0.147 e. The first-order chi connectivity index (χ1) is 9.65. The molecule has 0 atom stereocenters. The summed E-state index contributed by atoms with van der Waals surface area (Å²) < 4.78 is 16.3. The minimum Gasteiger partial charge on any atom is -0.389 e. The van der Waals surface area contributed by atoms with Gasteiger partial charge in [-0.1, -0.05) is 24.4 Å². The zero-order chi connectivity index (χ0) is 14.1. The van der Waals surface area contributed by atoms with Gasteiger partial charge in [-0.3, -0.25) is 4.90 Å². The summed E-state index contributed by atoms with van der Waals surface area (Å²) in [5.41, 5.74) is 6.43. The lowest BCUT2D eigenvalue weighted by atomic mass is 10.1. The molecular weight excluding hydrogens is 277 g/mol. The summed E-state index contributed by atoms with van der Waals surface area (Å²) in [5.74, 6) is 0.578. The minimum absolute atomic E-state index is 0.0859. The molecule has 0 saturated heterocycles. The number of thiocarbonyl (C=S) groups is 1. The van der Waals surface area contributed by atoms with E-state index >= 15 is 0 Å². The van der Waals surface area contributed by atoms with Crippen LogP contribution < -0.4 is 5.73 Å². The molecule has 0 radical (unpaired) electrons. The maximum absolute atomic E-state index is 14.3. The molecule has 1 aliphatic rings. The van der Waals surface area contributed by atoms with E-state index in [1.807, 2.05) is 4.57 Å². The van der Waals surface area contributed by atoms with Crippen LogP contribution in [-0.4, -0.2) is 31.2 Å². The van der Waals surface area contributed by atoms with Gasteiger partial charge in [0.2, 0.25) is 0 Å². The van der Waals surface area contributed by atoms with Crippen molar-refractivity contribution in [3.63, 3.8) is 0 Å². The van der Waals surface area contributed by atoms with Crippen molar-refractivity contribution in [2.45, 2.75) is 19.6 Å². The van der Waals surface area contributed by atoms with Gasteiger partial charge in [-0.25, -0.2) is 4.39 Å². The van der Waals surface area contributed by atoms with Crippen molar-refractivity contribution in [3.05, 3.63) is 47.3 Å². The van der Waals surface area contributed by atoms with Crippen LogP contribution in [0.2, 0.25) is 0 Å². The first kappa shape index (κ1) is 13.1. The van der Waals surface area contributed by atoms with Crippen LogP contribution in [0.5, 0.6) is 0 Å². The van der Waals surface area contributed by atoms with E-state index in [-0.39, 0.29) is 10.8 Å². The third kappa shape index (κ3) is 2.41. The van der Waals surface area contributed by atoms with E-state index < -0.39 is 0 Å². The van der Waals surface area contributed by atoms with Crippen LogP contribution in [0.1, 0.15) is 17.0 Å². The molecule has 0 fully saturated rings. The van der Waals surface area contributed by atoms with Crippen LogP contribution in [0.25, 0.3) is 0 Å². The van der Waals surface area contributed by atoms with E-state index in [0.717, 1.165) is 18.9 Å². The SMILES string of the molecule is NC(=S)c1cccc(CN2CCn3cnnc3C2)c1F. The van der Waals surface area contributed by atoms with Gasteiger partial charge >= 0.3 is 0 Å². The van der Waals surface area contributed by atoms with Crippen LogP contribution in [0.3, 0.4) is 0 Å². The number of halogens is 1. The Hall–Kier alpha value is -1.86. The zero-order valence-electron chi connectivity index (χ0n) is 10.8. The second-order valence-electron chi connectivity index (χ2n) is 4.79. The van der Waals surface area contributed by atoms with E-state index in [1.165, 1.54) is 0 Å². The van der Waals surface area contributed by atoms with Crippen LogP contribution >= 0.6 is 12.2 Å². The highest BCUT2D eigenvalue weighted by molar-refractivity contribution is 7.80. The highest BCUT2D eigenvalue weighted by atomic mass is 32.1. The number of rotatable bonds is 3. The number of fused-ring (bicyclic) bond motifs is 1. The fraction of sp³-hybridized carbons (Fsp3) is 0.308. The first-order valence-corrected chi connectivity index (χ1v) is 6.72. The smallest absolute Gasteiger partial charge is 0.147 e. The van der Waals surface area contributed by atoms with Crippen LogP contribution in [-0.2, 0) is 19.6 Å².